The first-order valence-electron chi connectivity index (χ1n) is 10.7. The van der Waals surface area contributed by atoms with Crippen molar-refractivity contribution in [1.82, 2.24) is 10.7 Å². The maximum atomic E-state index is 12.2. The van der Waals surface area contributed by atoms with E-state index in [1.807, 2.05) is 45.0 Å². The number of nitrogens with one attached hydrogen (secondary N) is 3. The summed E-state index contributed by atoms with van der Waals surface area (Å²) in [5, 5.41) is 9.13. The lowest BCUT2D eigenvalue weighted by Crippen LogP contribution is -2.41. The fourth-order valence-corrected chi connectivity index (χ4v) is 2.58. The number of hydrazone groups is 1. The van der Waals surface area contributed by atoms with Crippen molar-refractivity contribution >= 4 is 29.6 Å². The molecule has 3 N–H and O–H groups in total. The zero-order chi connectivity index (χ0) is 24.2. The van der Waals surface area contributed by atoms with Crippen molar-refractivity contribution in [1.29, 1.82) is 0 Å². The standard InChI is InChI=1S/C24H30N4O5/c1-5-17(4)26-23(30)24(31)28-25-14-18-9-12-20(21(13-18)32-6-2)33-15-22(29)27-19-10-7-16(3)8-11-19/h7-14,17H,5-6,15H2,1-4H3,(H,26,30)(H,27,29)(H,28,31)/b25-14-/t17-/m0/s1. The number of benzene rings is 2. The fraction of sp³-hybridized carbons (Fsp3) is 0.333. The van der Waals surface area contributed by atoms with E-state index in [1.165, 1.54) is 6.21 Å². The highest BCUT2D eigenvalue weighted by Crippen LogP contribution is 2.28. The molecule has 0 heterocycles. The van der Waals surface area contributed by atoms with Crippen LogP contribution < -0.4 is 25.5 Å². The monoisotopic (exact) mass is 454 g/mol. The molecule has 0 aromatic heterocycles. The van der Waals surface area contributed by atoms with Crippen molar-refractivity contribution in [2.75, 3.05) is 18.5 Å². The van der Waals surface area contributed by atoms with E-state index in [-0.39, 0.29) is 18.6 Å². The van der Waals surface area contributed by atoms with Gasteiger partial charge in [0.05, 0.1) is 12.8 Å². The van der Waals surface area contributed by atoms with Crippen LogP contribution in [0.2, 0.25) is 0 Å². The van der Waals surface area contributed by atoms with E-state index in [0.717, 1.165) is 5.56 Å². The fourth-order valence-electron chi connectivity index (χ4n) is 2.58. The molecule has 0 saturated carbocycles. The highest BCUT2D eigenvalue weighted by Gasteiger charge is 2.14. The van der Waals surface area contributed by atoms with Crippen LogP contribution >= 0.6 is 0 Å². The second kappa shape index (κ2) is 12.8. The molecule has 0 aliphatic heterocycles. The lowest BCUT2D eigenvalue weighted by Gasteiger charge is -2.13. The molecule has 0 spiro atoms. The third kappa shape index (κ3) is 8.64. The summed E-state index contributed by atoms with van der Waals surface area (Å²) in [4.78, 5) is 35.7. The van der Waals surface area contributed by atoms with Crippen LogP contribution in [0.3, 0.4) is 0 Å². The zero-order valence-electron chi connectivity index (χ0n) is 19.3. The average molecular weight is 455 g/mol. The summed E-state index contributed by atoms with van der Waals surface area (Å²) in [7, 11) is 0. The summed E-state index contributed by atoms with van der Waals surface area (Å²) in [6.45, 7) is 7.70. The molecular formula is C24H30N4O5. The number of rotatable bonds is 10. The van der Waals surface area contributed by atoms with Crippen molar-refractivity contribution in [2.24, 2.45) is 5.10 Å². The van der Waals surface area contributed by atoms with Gasteiger partial charge in [-0.15, -0.1) is 0 Å². The van der Waals surface area contributed by atoms with Gasteiger partial charge in [-0.2, -0.15) is 5.10 Å². The maximum Gasteiger partial charge on any atom is 0.329 e. The smallest absolute Gasteiger partial charge is 0.329 e. The Morgan fingerprint density at radius 2 is 1.73 bits per heavy atom. The minimum absolute atomic E-state index is 0.104. The highest BCUT2D eigenvalue weighted by molar-refractivity contribution is 6.35. The van der Waals surface area contributed by atoms with Gasteiger partial charge in [0.25, 0.3) is 5.91 Å². The largest absolute Gasteiger partial charge is 0.490 e. The molecule has 0 aliphatic carbocycles. The summed E-state index contributed by atoms with van der Waals surface area (Å²) < 4.78 is 11.2. The van der Waals surface area contributed by atoms with Crippen molar-refractivity contribution in [3.63, 3.8) is 0 Å². The van der Waals surface area contributed by atoms with Crippen molar-refractivity contribution < 1.29 is 23.9 Å². The minimum atomic E-state index is -0.851. The Kier molecular flexibility index (Phi) is 9.88. The van der Waals surface area contributed by atoms with E-state index in [1.54, 1.807) is 25.1 Å². The van der Waals surface area contributed by atoms with Crippen LogP contribution in [0.4, 0.5) is 5.69 Å². The molecule has 0 radical (unpaired) electrons. The van der Waals surface area contributed by atoms with E-state index in [9.17, 15) is 14.4 Å². The van der Waals surface area contributed by atoms with Gasteiger partial charge < -0.3 is 20.1 Å². The van der Waals surface area contributed by atoms with Gasteiger partial charge in [-0.25, -0.2) is 5.43 Å². The summed E-state index contributed by atoms with van der Waals surface area (Å²) in [5.41, 5.74) is 4.58. The lowest BCUT2D eigenvalue weighted by molar-refractivity contribution is -0.139. The van der Waals surface area contributed by atoms with E-state index in [0.29, 0.717) is 35.8 Å². The normalized spacial score (nSPS) is 11.5. The molecule has 0 fully saturated rings. The molecule has 9 heteroatoms. The van der Waals surface area contributed by atoms with Crippen molar-refractivity contribution in [3.05, 3.63) is 53.6 Å². The van der Waals surface area contributed by atoms with Gasteiger partial charge >= 0.3 is 11.8 Å². The predicted octanol–water partition coefficient (Wildman–Crippen LogP) is 2.78. The van der Waals surface area contributed by atoms with Crippen LogP contribution in [-0.2, 0) is 14.4 Å². The Hall–Kier alpha value is -3.88. The number of nitrogens with zero attached hydrogens (tertiary/aromatic N) is 1. The Morgan fingerprint density at radius 3 is 2.39 bits per heavy atom. The molecule has 0 unspecified atom stereocenters. The van der Waals surface area contributed by atoms with Crippen molar-refractivity contribution in [2.45, 2.75) is 40.2 Å². The van der Waals surface area contributed by atoms with Gasteiger partial charge in [0.15, 0.2) is 18.1 Å². The first kappa shape index (κ1) is 25.4. The van der Waals surface area contributed by atoms with Gasteiger partial charge in [0.1, 0.15) is 0 Å². The molecule has 33 heavy (non-hydrogen) atoms. The summed E-state index contributed by atoms with van der Waals surface area (Å²) in [5.74, 6) is -1.08. The van der Waals surface area contributed by atoms with Crippen LogP contribution in [0.1, 0.15) is 38.3 Å². The number of anilines is 1. The Balaban J connectivity index is 1.95. The molecule has 3 amide bonds. The predicted molar refractivity (Wildman–Crippen MR) is 127 cm³/mol. The lowest BCUT2D eigenvalue weighted by atomic mass is 10.2. The van der Waals surface area contributed by atoms with Gasteiger partial charge in [-0.05, 0) is 63.1 Å². The van der Waals surface area contributed by atoms with Gasteiger partial charge in [0.2, 0.25) is 0 Å². The van der Waals surface area contributed by atoms with E-state index in [4.69, 9.17) is 9.47 Å². The summed E-state index contributed by atoms with van der Waals surface area (Å²) in [6.07, 6.45) is 2.09. The van der Waals surface area contributed by atoms with Crippen LogP contribution in [-0.4, -0.2) is 43.2 Å². The molecule has 2 aromatic carbocycles. The second-order valence-corrected chi connectivity index (χ2v) is 7.32. The van der Waals surface area contributed by atoms with Crippen LogP contribution in [0.25, 0.3) is 0 Å². The molecule has 176 valence electrons. The summed E-state index contributed by atoms with van der Waals surface area (Å²) >= 11 is 0. The van der Waals surface area contributed by atoms with E-state index >= 15 is 0 Å². The number of ether oxygens (including phenoxy) is 2. The minimum Gasteiger partial charge on any atom is -0.490 e. The molecular weight excluding hydrogens is 424 g/mol. The van der Waals surface area contributed by atoms with Crippen molar-refractivity contribution in [3.8, 4) is 11.5 Å². The van der Waals surface area contributed by atoms with Crippen LogP contribution in [0, 0.1) is 6.92 Å². The average Bonchev–Trinajstić information content (AvgIpc) is 2.80. The molecule has 0 bridgehead atoms. The zero-order valence-corrected chi connectivity index (χ0v) is 19.3. The summed E-state index contributed by atoms with van der Waals surface area (Å²) in [6, 6.07) is 12.3. The second-order valence-electron chi connectivity index (χ2n) is 7.32. The number of hydrogen-bond acceptors (Lipinski definition) is 6. The van der Waals surface area contributed by atoms with Gasteiger partial charge in [0, 0.05) is 11.7 Å². The van der Waals surface area contributed by atoms with E-state index < -0.39 is 11.8 Å². The van der Waals surface area contributed by atoms with Gasteiger partial charge in [-0.3, -0.25) is 14.4 Å². The Labute approximate surface area is 193 Å². The molecule has 0 saturated heterocycles. The maximum absolute atomic E-state index is 12.2. The highest BCUT2D eigenvalue weighted by atomic mass is 16.5. The number of carbonyl (C=O) groups excluding carboxylic acids is 3. The molecule has 2 rings (SSSR count). The quantitative estimate of drug-likeness (QED) is 0.290. The Morgan fingerprint density at radius 1 is 1.00 bits per heavy atom. The van der Waals surface area contributed by atoms with E-state index in [2.05, 4.69) is 21.2 Å². The first-order valence-corrected chi connectivity index (χ1v) is 10.7. The Bertz CT molecular complexity index is 989. The SMILES string of the molecule is CCOc1cc(/C=N\NC(=O)C(=O)N[C@@H](C)CC)ccc1OCC(=O)Nc1ccc(C)cc1. The molecule has 9 nitrogen and oxygen atoms in total. The van der Waals surface area contributed by atoms with Crippen LogP contribution in [0.15, 0.2) is 47.6 Å². The molecule has 0 aliphatic rings. The number of aryl methyl sites for hydroxylation is 1. The first-order chi connectivity index (χ1) is 15.8. The van der Waals surface area contributed by atoms with Crippen LogP contribution in [0.5, 0.6) is 11.5 Å². The molecule has 1 atom stereocenters. The number of carbonyl (C=O) groups is 3. The third-order valence-electron chi connectivity index (χ3n) is 4.54. The molecule has 2 aromatic rings. The number of hydrogen-bond donors (Lipinski definition) is 3. The number of amides is 3. The third-order valence-corrected chi connectivity index (χ3v) is 4.54. The topological polar surface area (TPSA) is 118 Å². The van der Waals surface area contributed by atoms with Gasteiger partial charge in [-0.1, -0.05) is 24.6 Å².